The maximum Gasteiger partial charge on any atom is 0.0614 e. The highest BCUT2D eigenvalue weighted by atomic mass is 16.2. The first-order valence-corrected chi connectivity index (χ1v) is 8.78. The van der Waals surface area contributed by atoms with E-state index in [0.29, 0.717) is 10.8 Å². The second kappa shape index (κ2) is 6.28. The molecule has 2 aliphatic carbocycles. The molecule has 0 aromatic carbocycles. The van der Waals surface area contributed by atoms with Crippen molar-refractivity contribution in [3.8, 4) is 0 Å². The molecule has 21 heavy (non-hydrogen) atoms. The average molecular weight is 290 g/mol. The highest BCUT2D eigenvalue weighted by Crippen LogP contribution is 2.61. The number of hydrogen-bond acceptors (Lipinski definition) is 1. The molecule has 0 spiro atoms. The van der Waals surface area contributed by atoms with Crippen LogP contribution in [0.25, 0.3) is 0 Å². The van der Waals surface area contributed by atoms with Gasteiger partial charge in [0.15, 0.2) is 0 Å². The summed E-state index contributed by atoms with van der Waals surface area (Å²) in [6.45, 7) is 12.2. The number of hydrogen-bond donors (Lipinski definition) is 1. The van der Waals surface area contributed by atoms with Crippen LogP contribution < -0.4 is 0 Å². The maximum atomic E-state index is 9.07. The summed E-state index contributed by atoms with van der Waals surface area (Å²) < 4.78 is 0. The van der Waals surface area contributed by atoms with Crippen molar-refractivity contribution in [2.75, 3.05) is 6.61 Å². The first-order chi connectivity index (χ1) is 9.84. The maximum absolute atomic E-state index is 9.07. The molecule has 1 nitrogen and oxygen atoms in total. The van der Waals surface area contributed by atoms with Gasteiger partial charge in [-0.05, 0) is 75.0 Å². The van der Waals surface area contributed by atoms with Crippen LogP contribution in [0.5, 0.6) is 0 Å². The zero-order valence-corrected chi connectivity index (χ0v) is 14.7. The van der Waals surface area contributed by atoms with Crippen molar-refractivity contribution in [2.45, 2.75) is 73.1 Å². The van der Waals surface area contributed by atoms with Crippen molar-refractivity contribution < 1.29 is 5.11 Å². The molecular weight excluding hydrogens is 256 g/mol. The standard InChI is InChI=1S/C20H34O/c1-15(11-14-21)9-12-19(4)17(3)10-13-20(5)16(2)7-6-8-18(19)20/h7,11,17-18,21H,6,8-10,12-14H2,1-5H3/b15-11+/t17-,18-,19+,20-/m1/s1. The predicted molar refractivity (Wildman–Crippen MR) is 91.2 cm³/mol. The van der Waals surface area contributed by atoms with E-state index in [1.54, 1.807) is 5.57 Å². The minimum Gasteiger partial charge on any atom is -0.392 e. The first-order valence-electron chi connectivity index (χ1n) is 8.78. The van der Waals surface area contributed by atoms with Gasteiger partial charge < -0.3 is 5.11 Å². The molecule has 1 saturated carbocycles. The molecule has 2 aliphatic rings. The summed E-state index contributed by atoms with van der Waals surface area (Å²) in [7, 11) is 0. The normalized spacial score (nSPS) is 40.7. The molecule has 0 aromatic rings. The van der Waals surface area contributed by atoms with Crippen LogP contribution in [0.3, 0.4) is 0 Å². The van der Waals surface area contributed by atoms with Gasteiger partial charge in [0, 0.05) is 0 Å². The molecule has 0 unspecified atom stereocenters. The Kier molecular flexibility index (Phi) is 5.03. The van der Waals surface area contributed by atoms with Crippen LogP contribution in [-0.2, 0) is 0 Å². The summed E-state index contributed by atoms with van der Waals surface area (Å²) in [5.74, 6) is 1.63. The zero-order chi connectivity index (χ0) is 15.7. The zero-order valence-electron chi connectivity index (χ0n) is 14.7. The van der Waals surface area contributed by atoms with Crippen molar-refractivity contribution in [1.82, 2.24) is 0 Å². The first kappa shape index (κ1) is 16.8. The third kappa shape index (κ3) is 2.99. The molecule has 0 bridgehead atoms. The predicted octanol–water partition coefficient (Wildman–Crippen LogP) is 5.50. The van der Waals surface area contributed by atoms with E-state index >= 15 is 0 Å². The van der Waals surface area contributed by atoms with Crippen molar-refractivity contribution in [3.63, 3.8) is 0 Å². The summed E-state index contributed by atoms with van der Waals surface area (Å²) in [6, 6.07) is 0. The lowest BCUT2D eigenvalue weighted by Gasteiger charge is -2.58. The van der Waals surface area contributed by atoms with Gasteiger partial charge in [-0.3, -0.25) is 0 Å². The second-order valence-corrected chi connectivity index (χ2v) is 8.11. The Morgan fingerprint density at radius 2 is 2.10 bits per heavy atom. The van der Waals surface area contributed by atoms with Gasteiger partial charge >= 0.3 is 0 Å². The van der Waals surface area contributed by atoms with Crippen LogP contribution in [0.15, 0.2) is 23.3 Å². The fourth-order valence-corrected chi connectivity index (χ4v) is 5.06. The lowest BCUT2D eigenvalue weighted by molar-refractivity contribution is -0.0466. The van der Waals surface area contributed by atoms with Crippen LogP contribution in [0.4, 0.5) is 0 Å². The molecule has 0 amide bonds. The van der Waals surface area contributed by atoms with Crippen molar-refractivity contribution >= 4 is 0 Å². The molecule has 2 rings (SSSR count). The number of aliphatic hydroxyl groups excluding tert-OH is 1. The molecule has 0 aliphatic heterocycles. The Morgan fingerprint density at radius 3 is 2.76 bits per heavy atom. The molecule has 0 aromatic heterocycles. The van der Waals surface area contributed by atoms with Crippen LogP contribution >= 0.6 is 0 Å². The molecule has 1 N–H and O–H groups in total. The van der Waals surface area contributed by atoms with E-state index in [1.807, 2.05) is 6.08 Å². The van der Waals surface area contributed by atoms with Crippen molar-refractivity contribution in [1.29, 1.82) is 0 Å². The van der Waals surface area contributed by atoms with E-state index in [1.165, 1.54) is 37.7 Å². The number of fused-ring (bicyclic) bond motifs is 1. The quantitative estimate of drug-likeness (QED) is 0.677. The molecule has 0 heterocycles. The molecular formula is C20H34O. The van der Waals surface area contributed by atoms with Gasteiger partial charge in [0.1, 0.15) is 0 Å². The fourth-order valence-electron chi connectivity index (χ4n) is 5.06. The summed E-state index contributed by atoms with van der Waals surface area (Å²) >= 11 is 0. The second-order valence-electron chi connectivity index (χ2n) is 8.11. The molecule has 120 valence electrons. The van der Waals surface area contributed by atoms with Crippen LogP contribution in [0, 0.1) is 22.7 Å². The average Bonchev–Trinajstić information content (AvgIpc) is 2.44. The highest BCUT2D eigenvalue weighted by molar-refractivity contribution is 5.21. The highest BCUT2D eigenvalue weighted by Gasteiger charge is 2.52. The number of aliphatic hydroxyl groups is 1. The summed E-state index contributed by atoms with van der Waals surface area (Å²) in [6.07, 6.45) is 12.2. The molecule has 0 radical (unpaired) electrons. The smallest absolute Gasteiger partial charge is 0.0614 e. The van der Waals surface area contributed by atoms with Gasteiger partial charge in [0.25, 0.3) is 0 Å². The SMILES string of the molecule is CC1=CCC[C@@H]2[C@@](C)(CC/C(C)=C/CO)[C@H](C)CC[C@]12C. The number of rotatable bonds is 4. The Labute approximate surface area is 131 Å². The number of allylic oxidation sites excluding steroid dienone is 3. The largest absolute Gasteiger partial charge is 0.392 e. The summed E-state index contributed by atoms with van der Waals surface area (Å²) in [5, 5.41) is 9.07. The third-order valence-electron chi connectivity index (χ3n) is 7.09. The van der Waals surface area contributed by atoms with E-state index in [2.05, 4.69) is 40.7 Å². The van der Waals surface area contributed by atoms with Gasteiger partial charge in [-0.2, -0.15) is 0 Å². The van der Waals surface area contributed by atoms with E-state index in [-0.39, 0.29) is 6.61 Å². The van der Waals surface area contributed by atoms with Gasteiger partial charge in [-0.15, -0.1) is 0 Å². The van der Waals surface area contributed by atoms with E-state index in [0.717, 1.165) is 18.3 Å². The molecule has 1 fully saturated rings. The molecule has 0 saturated heterocycles. The van der Waals surface area contributed by atoms with E-state index < -0.39 is 0 Å². The lowest BCUT2D eigenvalue weighted by atomic mass is 9.47. The minimum absolute atomic E-state index is 0.182. The fraction of sp³-hybridized carbons (Fsp3) is 0.800. The van der Waals surface area contributed by atoms with E-state index in [9.17, 15) is 0 Å². The van der Waals surface area contributed by atoms with Crippen LogP contribution in [0.2, 0.25) is 0 Å². The molecule has 4 atom stereocenters. The van der Waals surface area contributed by atoms with Gasteiger partial charge in [0.05, 0.1) is 6.61 Å². The third-order valence-corrected chi connectivity index (χ3v) is 7.09. The monoisotopic (exact) mass is 290 g/mol. The van der Waals surface area contributed by atoms with Gasteiger partial charge in [-0.25, -0.2) is 0 Å². The van der Waals surface area contributed by atoms with Gasteiger partial charge in [0.2, 0.25) is 0 Å². The summed E-state index contributed by atoms with van der Waals surface area (Å²) in [5.41, 5.74) is 3.85. The Morgan fingerprint density at radius 1 is 1.38 bits per heavy atom. The van der Waals surface area contributed by atoms with E-state index in [4.69, 9.17) is 5.11 Å². The lowest BCUT2D eigenvalue weighted by Crippen LogP contribution is -2.49. The van der Waals surface area contributed by atoms with Crippen molar-refractivity contribution in [3.05, 3.63) is 23.3 Å². The van der Waals surface area contributed by atoms with Crippen LogP contribution in [0.1, 0.15) is 73.1 Å². The Balaban J connectivity index is 2.23. The Bertz CT molecular complexity index is 433. The minimum atomic E-state index is 0.182. The summed E-state index contributed by atoms with van der Waals surface area (Å²) in [4.78, 5) is 0. The molecule has 1 heteroatoms. The van der Waals surface area contributed by atoms with Gasteiger partial charge in [-0.1, -0.05) is 44.1 Å². The topological polar surface area (TPSA) is 20.2 Å². The van der Waals surface area contributed by atoms with Crippen LogP contribution in [-0.4, -0.2) is 11.7 Å². The Hall–Kier alpha value is -0.560. The van der Waals surface area contributed by atoms with Crippen molar-refractivity contribution in [2.24, 2.45) is 22.7 Å².